The first-order valence-corrected chi connectivity index (χ1v) is 9.63. The number of halogens is 3. The van der Waals surface area contributed by atoms with Crippen LogP contribution in [0.5, 0.6) is 5.75 Å². The summed E-state index contributed by atoms with van der Waals surface area (Å²) in [6.07, 6.45) is -5.21. The summed E-state index contributed by atoms with van der Waals surface area (Å²) in [5.74, 6) is -2.74. The molecule has 13 heteroatoms. The molecule has 1 aromatic carbocycles. The van der Waals surface area contributed by atoms with Gasteiger partial charge in [0.15, 0.2) is 0 Å². The molecular formula is C19H18F3N5O5. The average Bonchev–Trinajstić information content (AvgIpc) is 2.72. The van der Waals surface area contributed by atoms with Gasteiger partial charge in [-0.2, -0.15) is 4.98 Å². The minimum atomic E-state index is -4.89. The Bertz CT molecular complexity index is 1100. The Morgan fingerprint density at radius 3 is 2.72 bits per heavy atom. The number of ether oxygens (including phenoxy) is 2. The smallest absolute Gasteiger partial charge is 0.406 e. The largest absolute Gasteiger partial charge is 0.573 e. The summed E-state index contributed by atoms with van der Waals surface area (Å²) >= 11 is 0. The second kappa shape index (κ2) is 8.49. The molecule has 2 aliphatic heterocycles. The second-order valence-corrected chi connectivity index (χ2v) is 7.12. The molecule has 10 nitrogen and oxygen atoms in total. The summed E-state index contributed by atoms with van der Waals surface area (Å²) in [7, 11) is 0. The number of carbonyl (C=O) groups excluding carboxylic acids is 2. The predicted molar refractivity (Wildman–Crippen MR) is 106 cm³/mol. The number of alkyl halides is 3. The van der Waals surface area contributed by atoms with Gasteiger partial charge in [-0.1, -0.05) is 6.07 Å². The number of anilines is 3. The SMILES string of the molecule is O=C1C[C@H](C(=O)Nc2cccc(OC(F)(F)F)c2)c2c(nc(N3CCOCC3)[nH]c2=O)N1. The molecule has 1 fully saturated rings. The number of rotatable bonds is 4. The number of nitrogens with zero attached hydrogens (tertiary/aromatic N) is 2. The van der Waals surface area contributed by atoms with Gasteiger partial charge in [0, 0.05) is 31.3 Å². The lowest BCUT2D eigenvalue weighted by Gasteiger charge is -2.29. The van der Waals surface area contributed by atoms with E-state index in [0.29, 0.717) is 26.3 Å². The minimum absolute atomic E-state index is 0.0126. The summed E-state index contributed by atoms with van der Waals surface area (Å²) in [4.78, 5) is 46.5. The summed E-state index contributed by atoms with van der Waals surface area (Å²) in [5, 5.41) is 4.94. The van der Waals surface area contributed by atoms with Gasteiger partial charge in [-0.05, 0) is 12.1 Å². The van der Waals surface area contributed by atoms with E-state index in [4.69, 9.17) is 4.74 Å². The van der Waals surface area contributed by atoms with Crippen molar-refractivity contribution in [3.05, 3.63) is 40.2 Å². The molecule has 170 valence electrons. The topological polar surface area (TPSA) is 126 Å². The summed E-state index contributed by atoms with van der Waals surface area (Å²) in [5.41, 5.74) is -0.605. The zero-order chi connectivity index (χ0) is 22.9. The number of amides is 2. The third kappa shape index (κ3) is 4.82. The molecule has 1 saturated heterocycles. The zero-order valence-electron chi connectivity index (χ0n) is 16.5. The van der Waals surface area contributed by atoms with Crippen LogP contribution in [0.25, 0.3) is 0 Å². The van der Waals surface area contributed by atoms with Crippen LogP contribution in [0.15, 0.2) is 29.1 Å². The van der Waals surface area contributed by atoms with Gasteiger partial charge >= 0.3 is 6.36 Å². The Hall–Kier alpha value is -3.61. The number of hydrogen-bond donors (Lipinski definition) is 3. The highest BCUT2D eigenvalue weighted by Crippen LogP contribution is 2.31. The van der Waals surface area contributed by atoms with E-state index in [1.54, 1.807) is 4.90 Å². The number of carbonyl (C=O) groups is 2. The second-order valence-electron chi connectivity index (χ2n) is 7.12. The van der Waals surface area contributed by atoms with Gasteiger partial charge < -0.3 is 25.0 Å². The molecule has 0 aliphatic carbocycles. The van der Waals surface area contributed by atoms with Crippen molar-refractivity contribution in [3.63, 3.8) is 0 Å². The maximum Gasteiger partial charge on any atom is 0.573 e. The molecule has 3 heterocycles. The Balaban J connectivity index is 1.59. The van der Waals surface area contributed by atoms with E-state index in [-0.39, 0.29) is 29.4 Å². The lowest BCUT2D eigenvalue weighted by Crippen LogP contribution is -2.41. The van der Waals surface area contributed by atoms with E-state index in [9.17, 15) is 27.6 Å². The zero-order valence-corrected chi connectivity index (χ0v) is 16.5. The first-order valence-electron chi connectivity index (χ1n) is 9.63. The molecule has 0 spiro atoms. The van der Waals surface area contributed by atoms with Crippen LogP contribution in [0.4, 0.5) is 30.6 Å². The molecule has 2 amide bonds. The van der Waals surface area contributed by atoms with E-state index < -0.39 is 35.4 Å². The quantitative estimate of drug-likeness (QED) is 0.642. The first-order chi connectivity index (χ1) is 15.2. The van der Waals surface area contributed by atoms with Gasteiger partial charge in [-0.3, -0.25) is 19.4 Å². The van der Waals surface area contributed by atoms with E-state index >= 15 is 0 Å². The number of H-pyrrole nitrogens is 1. The van der Waals surface area contributed by atoms with Crippen molar-refractivity contribution in [1.29, 1.82) is 0 Å². The van der Waals surface area contributed by atoms with Crippen LogP contribution in [0.2, 0.25) is 0 Å². The Morgan fingerprint density at radius 1 is 1.25 bits per heavy atom. The lowest BCUT2D eigenvalue weighted by molar-refractivity contribution is -0.274. The fourth-order valence-corrected chi connectivity index (χ4v) is 3.51. The predicted octanol–water partition coefficient (Wildman–Crippen LogP) is 1.57. The number of fused-ring (bicyclic) bond motifs is 1. The lowest BCUT2D eigenvalue weighted by atomic mass is 9.92. The van der Waals surface area contributed by atoms with Gasteiger partial charge in [-0.15, -0.1) is 13.2 Å². The van der Waals surface area contributed by atoms with E-state index in [1.165, 1.54) is 12.1 Å². The van der Waals surface area contributed by atoms with Crippen molar-refractivity contribution in [2.45, 2.75) is 18.7 Å². The number of morpholine rings is 1. The highest BCUT2D eigenvalue weighted by Gasteiger charge is 2.35. The van der Waals surface area contributed by atoms with Gasteiger partial charge in [0.1, 0.15) is 11.6 Å². The van der Waals surface area contributed by atoms with E-state index in [2.05, 4.69) is 25.3 Å². The Kier molecular flexibility index (Phi) is 5.74. The molecule has 4 rings (SSSR count). The molecule has 0 radical (unpaired) electrons. The van der Waals surface area contributed by atoms with E-state index in [0.717, 1.165) is 12.1 Å². The Morgan fingerprint density at radius 2 is 2.00 bits per heavy atom. The highest BCUT2D eigenvalue weighted by molar-refractivity contribution is 6.04. The monoisotopic (exact) mass is 453 g/mol. The van der Waals surface area contributed by atoms with Crippen molar-refractivity contribution >= 4 is 29.3 Å². The Labute approximate surface area is 178 Å². The fourth-order valence-electron chi connectivity index (χ4n) is 3.51. The minimum Gasteiger partial charge on any atom is -0.406 e. The molecule has 0 bridgehead atoms. The molecule has 0 unspecified atom stereocenters. The maximum atomic E-state index is 12.8. The molecule has 2 aliphatic rings. The highest BCUT2D eigenvalue weighted by atomic mass is 19.4. The molecule has 1 atom stereocenters. The number of aromatic nitrogens is 2. The van der Waals surface area contributed by atoms with Gasteiger partial charge in [0.2, 0.25) is 17.8 Å². The van der Waals surface area contributed by atoms with Crippen LogP contribution in [-0.4, -0.2) is 54.4 Å². The summed E-state index contributed by atoms with van der Waals surface area (Å²) in [6, 6.07) is 4.68. The van der Waals surface area contributed by atoms with Crippen LogP contribution in [0, 0.1) is 0 Å². The van der Waals surface area contributed by atoms with Crippen molar-refractivity contribution in [3.8, 4) is 5.75 Å². The van der Waals surface area contributed by atoms with Crippen LogP contribution in [0.1, 0.15) is 17.9 Å². The third-order valence-corrected chi connectivity index (χ3v) is 4.90. The fraction of sp³-hybridized carbons (Fsp3) is 0.368. The van der Waals surface area contributed by atoms with Crippen LogP contribution in [0.3, 0.4) is 0 Å². The first kappa shape index (κ1) is 21.6. The van der Waals surface area contributed by atoms with Crippen molar-refractivity contribution in [1.82, 2.24) is 9.97 Å². The van der Waals surface area contributed by atoms with Gasteiger partial charge in [-0.25, -0.2) is 0 Å². The number of hydrogen-bond acceptors (Lipinski definition) is 7. The molecular weight excluding hydrogens is 435 g/mol. The van der Waals surface area contributed by atoms with Crippen LogP contribution < -0.4 is 25.8 Å². The molecule has 32 heavy (non-hydrogen) atoms. The average molecular weight is 453 g/mol. The normalized spacial score (nSPS) is 18.5. The van der Waals surface area contributed by atoms with Crippen molar-refractivity contribution in [2.24, 2.45) is 0 Å². The molecule has 1 aromatic heterocycles. The molecule has 2 aromatic rings. The van der Waals surface area contributed by atoms with Crippen LogP contribution in [-0.2, 0) is 14.3 Å². The molecule has 0 saturated carbocycles. The molecule has 3 N–H and O–H groups in total. The third-order valence-electron chi connectivity index (χ3n) is 4.90. The van der Waals surface area contributed by atoms with Crippen LogP contribution >= 0.6 is 0 Å². The summed E-state index contributed by atoms with van der Waals surface area (Å²) in [6.45, 7) is 1.90. The maximum absolute atomic E-state index is 12.8. The number of aromatic amines is 1. The number of benzene rings is 1. The summed E-state index contributed by atoms with van der Waals surface area (Å²) < 4.78 is 46.4. The van der Waals surface area contributed by atoms with Crippen molar-refractivity contribution < 1.29 is 32.2 Å². The number of nitrogens with one attached hydrogen (secondary N) is 3. The van der Waals surface area contributed by atoms with Crippen molar-refractivity contribution in [2.75, 3.05) is 41.8 Å². The van der Waals surface area contributed by atoms with Gasteiger partial charge in [0.25, 0.3) is 5.56 Å². The standard InChI is InChI=1S/C19H18F3N5O5/c20-19(21,22)32-11-3-1-2-10(8-11)23-16(29)12-9-13(28)24-15-14(12)17(30)26-18(25-15)27-4-6-31-7-5-27/h1-3,8,12H,4-7,9H2,(H,23,29)(H2,24,25,26,28,30)/t12-/m0/s1. The van der Waals surface area contributed by atoms with Gasteiger partial charge in [0.05, 0.1) is 24.7 Å². The van der Waals surface area contributed by atoms with E-state index in [1.807, 2.05) is 0 Å².